The second-order valence-electron chi connectivity index (χ2n) is 5.15. The number of nitrogens with one attached hydrogen (secondary N) is 1. The van der Waals surface area contributed by atoms with Gasteiger partial charge < -0.3 is 15.0 Å². The van der Waals surface area contributed by atoms with Crippen molar-refractivity contribution >= 4 is 17.5 Å². The number of amides is 2. The fraction of sp³-hybridized carbons (Fsp3) is 0.467. The Bertz CT molecular complexity index is 526. The van der Waals surface area contributed by atoms with Gasteiger partial charge in [0.25, 0.3) is 17.9 Å². The Labute approximate surface area is 118 Å². The van der Waals surface area contributed by atoms with Crippen molar-refractivity contribution in [1.82, 2.24) is 4.90 Å². The molecule has 1 aromatic rings. The first kappa shape index (κ1) is 14.4. The molecule has 1 aliphatic rings. The van der Waals surface area contributed by atoms with E-state index in [1.54, 1.807) is 14.1 Å². The predicted molar refractivity (Wildman–Crippen MR) is 76.8 cm³/mol. The summed E-state index contributed by atoms with van der Waals surface area (Å²) in [6.45, 7) is 2.14. The van der Waals surface area contributed by atoms with E-state index in [2.05, 4.69) is 12.2 Å². The number of carbonyl (C=O) groups is 2. The zero-order valence-electron chi connectivity index (χ0n) is 12.1. The fourth-order valence-corrected chi connectivity index (χ4v) is 2.09. The number of likely N-dealkylation sites (N-methyl/N-ethyl adjacent to an activating group) is 1. The van der Waals surface area contributed by atoms with Gasteiger partial charge in [-0.3, -0.25) is 9.59 Å². The molecule has 2 rings (SSSR count). The number of unbranched alkanes of at least 4 members (excludes halogenated alkanes) is 1. The van der Waals surface area contributed by atoms with E-state index in [0.717, 1.165) is 24.8 Å². The molecule has 108 valence electrons. The number of anilines is 1. The number of hydrogen-bond acceptors (Lipinski definition) is 3. The van der Waals surface area contributed by atoms with Gasteiger partial charge in [-0.2, -0.15) is 0 Å². The highest BCUT2D eigenvalue weighted by Crippen LogP contribution is 2.31. The summed E-state index contributed by atoms with van der Waals surface area (Å²) in [5.41, 5.74) is 1.80. The molecule has 0 saturated carbocycles. The van der Waals surface area contributed by atoms with Crippen LogP contribution in [0.5, 0.6) is 5.75 Å². The Morgan fingerprint density at radius 2 is 2.15 bits per heavy atom. The number of carbonyl (C=O) groups excluding carboxylic acids is 2. The van der Waals surface area contributed by atoms with Gasteiger partial charge in [-0.25, -0.2) is 0 Å². The number of rotatable bonds is 4. The normalized spacial score (nSPS) is 16.9. The molecule has 5 nitrogen and oxygen atoms in total. The van der Waals surface area contributed by atoms with Crippen LogP contribution in [-0.4, -0.2) is 36.9 Å². The van der Waals surface area contributed by atoms with Crippen molar-refractivity contribution in [1.29, 1.82) is 0 Å². The van der Waals surface area contributed by atoms with Gasteiger partial charge in [-0.1, -0.05) is 19.4 Å². The lowest BCUT2D eigenvalue weighted by atomic mass is 10.1. The van der Waals surface area contributed by atoms with Crippen LogP contribution in [0.2, 0.25) is 0 Å². The molecule has 20 heavy (non-hydrogen) atoms. The number of ether oxygens (including phenoxy) is 1. The second-order valence-corrected chi connectivity index (χ2v) is 5.15. The van der Waals surface area contributed by atoms with Crippen LogP contribution in [0.15, 0.2) is 18.2 Å². The van der Waals surface area contributed by atoms with Crippen LogP contribution >= 0.6 is 0 Å². The maximum atomic E-state index is 11.9. The average Bonchev–Trinajstić information content (AvgIpc) is 2.43. The Morgan fingerprint density at radius 1 is 1.40 bits per heavy atom. The van der Waals surface area contributed by atoms with Gasteiger partial charge in [-0.15, -0.1) is 0 Å². The van der Waals surface area contributed by atoms with Gasteiger partial charge in [0.1, 0.15) is 5.75 Å². The second kappa shape index (κ2) is 5.94. The lowest BCUT2D eigenvalue weighted by Crippen LogP contribution is -2.48. The fourth-order valence-electron chi connectivity index (χ4n) is 2.09. The van der Waals surface area contributed by atoms with Crippen molar-refractivity contribution < 1.29 is 14.3 Å². The summed E-state index contributed by atoms with van der Waals surface area (Å²) < 4.78 is 5.52. The first-order valence-electron chi connectivity index (χ1n) is 6.84. The molecule has 0 radical (unpaired) electrons. The standard InChI is InChI=1S/C15H20N2O3/c1-4-5-6-10-7-8-12-11(9-10)16-14(18)13(20-12)15(19)17(2)3/h7-9,13H,4-6H2,1-3H3,(H,16,18). The highest BCUT2D eigenvalue weighted by Gasteiger charge is 2.34. The van der Waals surface area contributed by atoms with Gasteiger partial charge in [0.15, 0.2) is 0 Å². The summed E-state index contributed by atoms with van der Waals surface area (Å²) in [6.07, 6.45) is 2.10. The molecule has 1 aromatic carbocycles. The van der Waals surface area contributed by atoms with Gasteiger partial charge in [0.05, 0.1) is 5.69 Å². The maximum absolute atomic E-state index is 11.9. The number of hydrogen-bond donors (Lipinski definition) is 1. The minimum absolute atomic E-state index is 0.358. The summed E-state index contributed by atoms with van der Waals surface area (Å²) in [7, 11) is 3.20. The predicted octanol–water partition coefficient (Wildman–Crippen LogP) is 1.82. The highest BCUT2D eigenvalue weighted by molar-refractivity contribution is 6.11. The first-order chi connectivity index (χ1) is 9.52. The van der Waals surface area contributed by atoms with E-state index < -0.39 is 12.0 Å². The Hall–Kier alpha value is -2.04. The Kier molecular flexibility index (Phi) is 4.27. The number of nitrogens with zero attached hydrogens (tertiary/aromatic N) is 1. The number of aryl methyl sites for hydroxylation is 1. The SMILES string of the molecule is CCCCc1ccc2c(c1)NC(=O)C(C(=O)N(C)C)O2. The van der Waals surface area contributed by atoms with E-state index >= 15 is 0 Å². The minimum atomic E-state index is -1.10. The molecule has 0 aliphatic carbocycles. The van der Waals surface area contributed by atoms with E-state index in [1.807, 2.05) is 18.2 Å². The smallest absolute Gasteiger partial charge is 0.275 e. The van der Waals surface area contributed by atoms with Gasteiger partial charge in [0.2, 0.25) is 0 Å². The molecule has 0 saturated heterocycles. The summed E-state index contributed by atoms with van der Waals surface area (Å²) in [5.74, 6) is -0.225. The van der Waals surface area contributed by atoms with Crippen LogP contribution in [-0.2, 0) is 16.0 Å². The summed E-state index contributed by atoms with van der Waals surface area (Å²) >= 11 is 0. The largest absolute Gasteiger partial charge is 0.468 e. The minimum Gasteiger partial charge on any atom is -0.468 e. The van der Waals surface area contributed by atoms with Crippen molar-refractivity contribution in [2.75, 3.05) is 19.4 Å². The molecule has 1 unspecified atom stereocenters. The van der Waals surface area contributed by atoms with Crippen molar-refractivity contribution in [2.45, 2.75) is 32.3 Å². The third-order valence-corrected chi connectivity index (χ3v) is 3.27. The van der Waals surface area contributed by atoms with Crippen molar-refractivity contribution in [3.63, 3.8) is 0 Å². The third-order valence-electron chi connectivity index (χ3n) is 3.27. The van der Waals surface area contributed by atoms with E-state index in [0.29, 0.717) is 11.4 Å². The zero-order valence-corrected chi connectivity index (χ0v) is 12.1. The Morgan fingerprint density at radius 3 is 2.80 bits per heavy atom. The summed E-state index contributed by atoms with van der Waals surface area (Å²) in [5, 5.41) is 2.75. The molecule has 0 aromatic heterocycles. The molecule has 2 amide bonds. The Balaban J connectivity index is 2.18. The van der Waals surface area contributed by atoms with E-state index in [9.17, 15) is 9.59 Å². The van der Waals surface area contributed by atoms with Gasteiger partial charge in [-0.05, 0) is 30.5 Å². The van der Waals surface area contributed by atoms with Crippen LogP contribution < -0.4 is 10.1 Å². The number of fused-ring (bicyclic) bond motifs is 1. The van der Waals surface area contributed by atoms with Crippen LogP contribution in [0.4, 0.5) is 5.69 Å². The maximum Gasteiger partial charge on any atom is 0.275 e. The van der Waals surface area contributed by atoms with E-state index in [1.165, 1.54) is 4.90 Å². The topological polar surface area (TPSA) is 58.6 Å². The first-order valence-corrected chi connectivity index (χ1v) is 6.84. The molecule has 1 aliphatic heterocycles. The molecular weight excluding hydrogens is 256 g/mol. The van der Waals surface area contributed by atoms with E-state index in [4.69, 9.17) is 4.74 Å². The van der Waals surface area contributed by atoms with E-state index in [-0.39, 0.29) is 5.91 Å². The highest BCUT2D eigenvalue weighted by atomic mass is 16.5. The van der Waals surface area contributed by atoms with Gasteiger partial charge >= 0.3 is 0 Å². The van der Waals surface area contributed by atoms with Crippen LogP contribution in [0, 0.1) is 0 Å². The molecular formula is C15H20N2O3. The molecule has 0 spiro atoms. The lowest BCUT2D eigenvalue weighted by molar-refractivity contribution is -0.142. The van der Waals surface area contributed by atoms with Crippen LogP contribution in [0.25, 0.3) is 0 Å². The zero-order chi connectivity index (χ0) is 14.7. The van der Waals surface area contributed by atoms with Crippen molar-refractivity contribution in [3.8, 4) is 5.75 Å². The van der Waals surface area contributed by atoms with Crippen molar-refractivity contribution in [3.05, 3.63) is 23.8 Å². The molecule has 0 bridgehead atoms. The molecule has 1 heterocycles. The lowest BCUT2D eigenvalue weighted by Gasteiger charge is -2.27. The van der Waals surface area contributed by atoms with Crippen LogP contribution in [0.3, 0.4) is 0 Å². The molecule has 1 N–H and O–H groups in total. The average molecular weight is 276 g/mol. The van der Waals surface area contributed by atoms with Crippen LogP contribution in [0.1, 0.15) is 25.3 Å². The van der Waals surface area contributed by atoms with Crippen molar-refractivity contribution in [2.24, 2.45) is 0 Å². The molecule has 1 atom stereocenters. The molecule has 0 fully saturated rings. The summed E-state index contributed by atoms with van der Waals surface area (Å²) in [6, 6.07) is 5.71. The third kappa shape index (κ3) is 2.92. The molecule has 5 heteroatoms. The van der Waals surface area contributed by atoms with Gasteiger partial charge in [0, 0.05) is 14.1 Å². The monoisotopic (exact) mass is 276 g/mol. The summed E-state index contributed by atoms with van der Waals surface area (Å²) in [4.78, 5) is 25.2. The number of benzene rings is 1. The quantitative estimate of drug-likeness (QED) is 0.853.